The molecule has 0 aliphatic rings. The molecule has 0 aliphatic carbocycles. The van der Waals surface area contributed by atoms with Crippen molar-refractivity contribution in [1.29, 1.82) is 0 Å². The number of esters is 1. The zero-order valence-corrected chi connectivity index (χ0v) is 11.6. The second kappa shape index (κ2) is 6.17. The van der Waals surface area contributed by atoms with Crippen molar-refractivity contribution in [3.8, 4) is 11.1 Å². The van der Waals surface area contributed by atoms with E-state index in [9.17, 15) is 22.4 Å². The third-order valence-corrected chi connectivity index (χ3v) is 3.02. The molecule has 22 heavy (non-hydrogen) atoms. The summed E-state index contributed by atoms with van der Waals surface area (Å²) in [6.45, 7) is 1.69. The molecule has 0 bridgehead atoms. The molecule has 0 saturated carbocycles. The molecule has 0 atom stereocenters. The molecule has 0 heterocycles. The van der Waals surface area contributed by atoms with Gasteiger partial charge in [0.15, 0.2) is 0 Å². The van der Waals surface area contributed by atoms with Gasteiger partial charge in [-0.05, 0) is 30.7 Å². The highest BCUT2D eigenvalue weighted by molar-refractivity contribution is 5.91. The summed E-state index contributed by atoms with van der Waals surface area (Å²) in [5, 5.41) is 0. The van der Waals surface area contributed by atoms with Crippen molar-refractivity contribution in [2.45, 2.75) is 13.1 Å². The van der Waals surface area contributed by atoms with Crippen molar-refractivity contribution in [3.05, 3.63) is 59.4 Å². The lowest BCUT2D eigenvalue weighted by Crippen LogP contribution is -2.08. The minimum Gasteiger partial charge on any atom is -0.462 e. The van der Waals surface area contributed by atoms with Crippen LogP contribution in [0.15, 0.2) is 42.5 Å². The average molecular weight is 312 g/mol. The van der Waals surface area contributed by atoms with Crippen LogP contribution >= 0.6 is 0 Å². The van der Waals surface area contributed by atoms with Gasteiger partial charge in [0.05, 0.1) is 17.7 Å². The highest BCUT2D eigenvalue weighted by Crippen LogP contribution is 2.32. The maximum absolute atomic E-state index is 14.3. The lowest BCUT2D eigenvalue weighted by Gasteiger charge is -2.10. The molecular weight excluding hydrogens is 300 g/mol. The normalized spacial score (nSPS) is 11.3. The van der Waals surface area contributed by atoms with Crippen LogP contribution in [-0.2, 0) is 10.9 Å². The van der Waals surface area contributed by atoms with Crippen LogP contribution in [0.1, 0.15) is 22.8 Å². The smallest absolute Gasteiger partial charge is 0.416 e. The van der Waals surface area contributed by atoms with Gasteiger partial charge >= 0.3 is 12.1 Å². The third kappa shape index (κ3) is 3.27. The van der Waals surface area contributed by atoms with Gasteiger partial charge in [0, 0.05) is 5.56 Å². The number of benzene rings is 2. The SMILES string of the molecule is CCOC(=O)c1cccc(-c2ccc(C(F)(F)F)cc2)c1F. The van der Waals surface area contributed by atoms with E-state index in [2.05, 4.69) is 0 Å². The molecule has 0 spiro atoms. The van der Waals surface area contributed by atoms with Crippen LogP contribution in [-0.4, -0.2) is 12.6 Å². The summed E-state index contributed by atoms with van der Waals surface area (Å²) in [5.74, 6) is -1.63. The molecule has 0 fully saturated rings. The number of alkyl halides is 3. The Labute approximate surface area is 124 Å². The summed E-state index contributed by atoms with van der Waals surface area (Å²) in [4.78, 5) is 11.6. The molecule has 0 saturated heterocycles. The van der Waals surface area contributed by atoms with Gasteiger partial charge in [0.25, 0.3) is 0 Å². The molecule has 6 heteroatoms. The fourth-order valence-electron chi connectivity index (χ4n) is 1.96. The van der Waals surface area contributed by atoms with Crippen LogP contribution in [0, 0.1) is 5.82 Å². The Morgan fingerprint density at radius 3 is 2.27 bits per heavy atom. The maximum Gasteiger partial charge on any atom is 0.416 e. The zero-order chi connectivity index (χ0) is 16.3. The Bertz CT molecular complexity index is 676. The van der Waals surface area contributed by atoms with Gasteiger partial charge in [-0.15, -0.1) is 0 Å². The van der Waals surface area contributed by atoms with E-state index in [1.165, 1.54) is 18.2 Å². The maximum atomic E-state index is 14.3. The van der Waals surface area contributed by atoms with Crippen molar-refractivity contribution in [2.24, 2.45) is 0 Å². The predicted molar refractivity (Wildman–Crippen MR) is 72.8 cm³/mol. The standard InChI is InChI=1S/C16H12F4O2/c1-2-22-15(21)13-5-3-4-12(14(13)17)10-6-8-11(9-7-10)16(18,19)20/h3-9H,2H2,1H3. The number of carbonyl (C=O) groups is 1. The molecule has 0 amide bonds. The van der Waals surface area contributed by atoms with Gasteiger partial charge in [0.1, 0.15) is 5.82 Å². The Kier molecular flexibility index (Phi) is 4.49. The summed E-state index contributed by atoms with van der Waals surface area (Å²) in [5.41, 5.74) is -0.784. The van der Waals surface area contributed by atoms with Crippen molar-refractivity contribution < 1.29 is 27.1 Å². The minimum absolute atomic E-state index is 0.0410. The van der Waals surface area contributed by atoms with Crippen LogP contribution in [0.5, 0.6) is 0 Å². The predicted octanol–water partition coefficient (Wildman–Crippen LogP) is 4.69. The first-order valence-corrected chi connectivity index (χ1v) is 6.48. The average Bonchev–Trinajstić information content (AvgIpc) is 2.47. The molecule has 0 aliphatic heterocycles. The Morgan fingerprint density at radius 1 is 1.09 bits per heavy atom. The quantitative estimate of drug-likeness (QED) is 0.607. The summed E-state index contributed by atoms with van der Waals surface area (Å²) >= 11 is 0. The van der Waals surface area contributed by atoms with Crippen LogP contribution in [0.3, 0.4) is 0 Å². The number of ether oxygens (including phenoxy) is 1. The van der Waals surface area contributed by atoms with E-state index in [0.717, 1.165) is 24.3 Å². The summed E-state index contributed by atoms with van der Waals surface area (Å²) in [6.07, 6.45) is -4.45. The molecule has 0 aromatic heterocycles. The van der Waals surface area contributed by atoms with Crippen molar-refractivity contribution in [1.82, 2.24) is 0 Å². The minimum atomic E-state index is -4.45. The summed E-state index contributed by atoms with van der Waals surface area (Å²) < 4.78 is 56.6. The first kappa shape index (κ1) is 16.0. The topological polar surface area (TPSA) is 26.3 Å². The largest absolute Gasteiger partial charge is 0.462 e. The third-order valence-electron chi connectivity index (χ3n) is 3.02. The van der Waals surface area contributed by atoms with Crippen molar-refractivity contribution in [3.63, 3.8) is 0 Å². The van der Waals surface area contributed by atoms with Crippen LogP contribution in [0.2, 0.25) is 0 Å². The molecule has 2 aromatic carbocycles. The van der Waals surface area contributed by atoms with E-state index in [1.807, 2.05) is 0 Å². The fourth-order valence-corrected chi connectivity index (χ4v) is 1.96. The molecule has 2 nitrogen and oxygen atoms in total. The Hall–Kier alpha value is -2.37. The van der Waals surface area contributed by atoms with Gasteiger partial charge in [-0.3, -0.25) is 0 Å². The summed E-state index contributed by atoms with van der Waals surface area (Å²) in [6, 6.07) is 8.16. The first-order chi connectivity index (χ1) is 10.3. The van der Waals surface area contributed by atoms with Gasteiger partial charge in [-0.25, -0.2) is 9.18 Å². The molecule has 0 unspecified atom stereocenters. The molecule has 0 N–H and O–H groups in total. The Balaban J connectivity index is 2.41. The first-order valence-electron chi connectivity index (χ1n) is 6.48. The number of hydrogen-bond donors (Lipinski definition) is 0. The second-order valence-corrected chi connectivity index (χ2v) is 4.46. The number of halogens is 4. The fraction of sp³-hybridized carbons (Fsp3) is 0.188. The lowest BCUT2D eigenvalue weighted by atomic mass is 10.0. The van der Waals surface area contributed by atoms with E-state index in [-0.39, 0.29) is 23.3 Å². The molecule has 0 radical (unpaired) electrons. The van der Waals surface area contributed by atoms with Gasteiger partial charge in [-0.2, -0.15) is 13.2 Å². The number of carbonyl (C=O) groups excluding carboxylic acids is 1. The number of rotatable bonds is 3. The molecular formula is C16H12F4O2. The van der Waals surface area contributed by atoms with E-state index < -0.39 is 23.5 Å². The molecule has 2 rings (SSSR count). The molecule has 2 aromatic rings. The van der Waals surface area contributed by atoms with Crippen molar-refractivity contribution >= 4 is 5.97 Å². The summed E-state index contributed by atoms with van der Waals surface area (Å²) in [7, 11) is 0. The second-order valence-electron chi connectivity index (χ2n) is 4.46. The lowest BCUT2D eigenvalue weighted by molar-refractivity contribution is -0.137. The van der Waals surface area contributed by atoms with Gasteiger partial charge < -0.3 is 4.74 Å². The van der Waals surface area contributed by atoms with E-state index in [0.29, 0.717) is 0 Å². The number of hydrogen-bond acceptors (Lipinski definition) is 2. The highest BCUT2D eigenvalue weighted by atomic mass is 19.4. The van der Waals surface area contributed by atoms with Crippen LogP contribution in [0.4, 0.5) is 17.6 Å². The van der Waals surface area contributed by atoms with E-state index in [1.54, 1.807) is 6.92 Å². The van der Waals surface area contributed by atoms with Crippen LogP contribution in [0.25, 0.3) is 11.1 Å². The van der Waals surface area contributed by atoms with Gasteiger partial charge in [-0.1, -0.05) is 24.3 Å². The monoisotopic (exact) mass is 312 g/mol. The van der Waals surface area contributed by atoms with Crippen molar-refractivity contribution in [2.75, 3.05) is 6.61 Å². The van der Waals surface area contributed by atoms with E-state index >= 15 is 0 Å². The zero-order valence-electron chi connectivity index (χ0n) is 11.6. The molecule has 116 valence electrons. The highest BCUT2D eigenvalue weighted by Gasteiger charge is 2.30. The Morgan fingerprint density at radius 2 is 1.73 bits per heavy atom. The van der Waals surface area contributed by atoms with Gasteiger partial charge in [0.2, 0.25) is 0 Å². The van der Waals surface area contributed by atoms with Crippen LogP contribution < -0.4 is 0 Å². The van der Waals surface area contributed by atoms with E-state index in [4.69, 9.17) is 4.74 Å².